The van der Waals surface area contributed by atoms with Gasteiger partial charge >= 0.3 is 0 Å². The summed E-state index contributed by atoms with van der Waals surface area (Å²) in [5, 5.41) is 2.71. The SMILES string of the molecule is CCS(=O)(=O)C1CSCCN1c1ccc(C(C)NC)nc1. The van der Waals surface area contributed by atoms with Crippen LogP contribution in [0.15, 0.2) is 18.3 Å². The van der Waals surface area contributed by atoms with Gasteiger partial charge in [0.2, 0.25) is 0 Å². The topological polar surface area (TPSA) is 62.3 Å². The molecule has 1 aliphatic heterocycles. The Morgan fingerprint density at radius 1 is 1.52 bits per heavy atom. The summed E-state index contributed by atoms with van der Waals surface area (Å²) >= 11 is 1.70. The molecule has 2 unspecified atom stereocenters. The van der Waals surface area contributed by atoms with E-state index in [9.17, 15) is 8.42 Å². The number of thioether (sulfide) groups is 1. The van der Waals surface area contributed by atoms with Gasteiger partial charge in [-0.3, -0.25) is 4.98 Å². The third kappa shape index (κ3) is 3.70. The number of hydrogen-bond acceptors (Lipinski definition) is 6. The van der Waals surface area contributed by atoms with Crippen LogP contribution in [0.2, 0.25) is 0 Å². The highest BCUT2D eigenvalue weighted by Crippen LogP contribution is 2.27. The molecule has 0 radical (unpaired) electrons. The minimum Gasteiger partial charge on any atom is -0.352 e. The van der Waals surface area contributed by atoms with Gasteiger partial charge < -0.3 is 10.2 Å². The zero-order chi connectivity index (χ0) is 15.5. The van der Waals surface area contributed by atoms with Crippen LogP contribution in [0, 0.1) is 0 Å². The lowest BCUT2D eigenvalue weighted by molar-refractivity contribution is 0.579. The van der Waals surface area contributed by atoms with E-state index in [1.165, 1.54) is 0 Å². The summed E-state index contributed by atoms with van der Waals surface area (Å²) in [6.45, 7) is 4.50. The smallest absolute Gasteiger partial charge is 0.171 e. The number of rotatable bonds is 5. The van der Waals surface area contributed by atoms with Crippen molar-refractivity contribution in [2.45, 2.75) is 25.3 Å². The summed E-state index contributed by atoms with van der Waals surface area (Å²) in [6, 6.07) is 4.13. The third-order valence-corrected chi connectivity index (χ3v) is 7.17. The first kappa shape index (κ1) is 16.6. The van der Waals surface area contributed by atoms with Crippen molar-refractivity contribution in [1.29, 1.82) is 0 Å². The Bertz CT molecular complexity index is 560. The van der Waals surface area contributed by atoms with Crippen LogP contribution in [-0.4, -0.2) is 49.6 Å². The maximum atomic E-state index is 12.3. The van der Waals surface area contributed by atoms with Crippen molar-refractivity contribution < 1.29 is 8.42 Å². The van der Waals surface area contributed by atoms with Crippen LogP contribution in [0.25, 0.3) is 0 Å². The largest absolute Gasteiger partial charge is 0.352 e. The summed E-state index contributed by atoms with van der Waals surface area (Å²) < 4.78 is 24.5. The normalized spacial score (nSPS) is 21.3. The van der Waals surface area contributed by atoms with Gasteiger partial charge in [-0.1, -0.05) is 6.92 Å². The van der Waals surface area contributed by atoms with Gasteiger partial charge in [-0.05, 0) is 26.1 Å². The zero-order valence-electron chi connectivity index (χ0n) is 12.7. The summed E-state index contributed by atoms with van der Waals surface area (Å²) in [4.78, 5) is 6.44. The van der Waals surface area contributed by atoms with Crippen LogP contribution >= 0.6 is 11.8 Å². The molecule has 2 rings (SSSR count). The second kappa shape index (κ2) is 6.98. The van der Waals surface area contributed by atoms with E-state index in [1.807, 2.05) is 31.0 Å². The van der Waals surface area contributed by atoms with Gasteiger partial charge in [0.15, 0.2) is 9.84 Å². The Labute approximate surface area is 131 Å². The van der Waals surface area contributed by atoms with Crippen molar-refractivity contribution in [3.05, 3.63) is 24.0 Å². The molecule has 2 heterocycles. The molecular weight excluding hydrogens is 306 g/mol. The van der Waals surface area contributed by atoms with Gasteiger partial charge in [-0.25, -0.2) is 8.42 Å². The van der Waals surface area contributed by atoms with Crippen LogP contribution in [-0.2, 0) is 9.84 Å². The second-order valence-corrected chi connectivity index (χ2v) is 8.72. The Hall–Kier alpha value is -0.790. The maximum Gasteiger partial charge on any atom is 0.171 e. The highest BCUT2D eigenvalue weighted by atomic mass is 32.2. The highest BCUT2D eigenvalue weighted by Gasteiger charge is 2.33. The molecule has 0 amide bonds. The van der Waals surface area contributed by atoms with Gasteiger partial charge in [0, 0.05) is 29.8 Å². The Morgan fingerprint density at radius 3 is 2.86 bits per heavy atom. The van der Waals surface area contributed by atoms with Gasteiger partial charge in [0.05, 0.1) is 17.6 Å². The van der Waals surface area contributed by atoms with E-state index < -0.39 is 15.2 Å². The van der Waals surface area contributed by atoms with Crippen LogP contribution in [0.5, 0.6) is 0 Å². The number of hydrogen-bond donors (Lipinski definition) is 1. The summed E-state index contributed by atoms with van der Waals surface area (Å²) in [5.74, 6) is 1.76. The first-order valence-corrected chi connectivity index (χ1v) is 10.1. The molecule has 1 saturated heterocycles. The lowest BCUT2D eigenvalue weighted by Crippen LogP contribution is -2.48. The first-order chi connectivity index (χ1) is 9.99. The van der Waals surface area contributed by atoms with Crippen LogP contribution in [0.4, 0.5) is 5.69 Å². The average molecular weight is 329 g/mol. The molecule has 1 N–H and O–H groups in total. The third-order valence-electron chi connectivity index (χ3n) is 3.88. The average Bonchev–Trinajstić information content (AvgIpc) is 2.54. The lowest BCUT2D eigenvalue weighted by Gasteiger charge is -2.36. The predicted molar refractivity (Wildman–Crippen MR) is 89.6 cm³/mol. The second-order valence-electron chi connectivity index (χ2n) is 5.13. The van der Waals surface area contributed by atoms with E-state index in [4.69, 9.17) is 0 Å². The Kier molecular flexibility index (Phi) is 5.51. The molecule has 1 fully saturated rings. The molecule has 1 aliphatic rings. The van der Waals surface area contributed by atoms with Crippen molar-refractivity contribution in [1.82, 2.24) is 10.3 Å². The van der Waals surface area contributed by atoms with Crippen LogP contribution in [0.3, 0.4) is 0 Å². The molecule has 0 spiro atoms. The summed E-state index contributed by atoms with van der Waals surface area (Å²) in [7, 11) is -1.19. The number of nitrogens with zero attached hydrogens (tertiary/aromatic N) is 2. The molecule has 0 bridgehead atoms. The molecular formula is C14H23N3O2S2. The fourth-order valence-corrected chi connectivity index (χ4v) is 5.33. The van der Waals surface area contributed by atoms with Gasteiger partial charge in [-0.2, -0.15) is 11.8 Å². The minimum atomic E-state index is -3.08. The van der Waals surface area contributed by atoms with Crippen LogP contribution in [0.1, 0.15) is 25.6 Å². The minimum absolute atomic E-state index is 0.178. The van der Waals surface area contributed by atoms with E-state index in [2.05, 4.69) is 10.3 Å². The molecule has 0 aromatic carbocycles. The predicted octanol–water partition coefficient (Wildman–Crippen LogP) is 1.68. The maximum absolute atomic E-state index is 12.3. The van der Waals surface area contributed by atoms with Crippen molar-refractivity contribution >= 4 is 27.3 Å². The lowest BCUT2D eigenvalue weighted by atomic mass is 10.2. The molecule has 0 saturated carbocycles. The van der Waals surface area contributed by atoms with E-state index in [-0.39, 0.29) is 11.8 Å². The number of pyridine rings is 1. The highest BCUT2D eigenvalue weighted by molar-refractivity contribution is 8.01. The number of sulfone groups is 1. The standard InChI is InChI=1S/C14H23N3O2S2/c1-4-21(18,19)14-10-20-8-7-17(14)12-5-6-13(16-9-12)11(2)15-3/h5-6,9,11,14-15H,4,7-8,10H2,1-3H3. The number of anilines is 1. The van der Waals surface area contributed by atoms with Crippen LogP contribution < -0.4 is 10.2 Å². The molecule has 21 heavy (non-hydrogen) atoms. The van der Waals surface area contributed by atoms with E-state index in [1.54, 1.807) is 24.9 Å². The summed E-state index contributed by atoms with van der Waals surface area (Å²) in [5.41, 5.74) is 1.85. The molecule has 118 valence electrons. The van der Waals surface area contributed by atoms with Gasteiger partial charge in [-0.15, -0.1) is 0 Å². The van der Waals surface area contributed by atoms with Crippen molar-refractivity contribution in [2.24, 2.45) is 0 Å². The Balaban J connectivity index is 2.26. The van der Waals surface area contributed by atoms with Gasteiger partial charge in [0.1, 0.15) is 5.37 Å². The van der Waals surface area contributed by atoms with Crippen molar-refractivity contribution in [2.75, 3.05) is 35.8 Å². The van der Waals surface area contributed by atoms with Crippen molar-refractivity contribution in [3.8, 4) is 0 Å². The Morgan fingerprint density at radius 2 is 2.29 bits per heavy atom. The van der Waals surface area contributed by atoms with E-state index >= 15 is 0 Å². The molecule has 2 atom stereocenters. The van der Waals surface area contributed by atoms with Gasteiger partial charge in [0.25, 0.3) is 0 Å². The zero-order valence-corrected chi connectivity index (χ0v) is 14.4. The molecule has 1 aromatic heterocycles. The monoisotopic (exact) mass is 329 g/mol. The van der Waals surface area contributed by atoms with E-state index in [0.717, 1.165) is 23.7 Å². The fourth-order valence-electron chi connectivity index (χ4n) is 2.34. The molecule has 5 nitrogen and oxygen atoms in total. The van der Waals surface area contributed by atoms with Crippen molar-refractivity contribution in [3.63, 3.8) is 0 Å². The number of nitrogens with one attached hydrogen (secondary N) is 1. The van der Waals surface area contributed by atoms with E-state index in [0.29, 0.717) is 5.75 Å². The quantitative estimate of drug-likeness (QED) is 0.887. The molecule has 0 aliphatic carbocycles. The first-order valence-electron chi connectivity index (χ1n) is 7.18. The molecule has 7 heteroatoms. The molecule has 1 aromatic rings. The fraction of sp³-hybridized carbons (Fsp3) is 0.643. The number of aromatic nitrogens is 1. The summed E-state index contributed by atoms with van der Waals surface area (Å²) in [6.07, 6.45) is 1.79.